The second-order valence-electron chi connectivity index (χ2n) is 16.9. The van der Waals surface area contributed by atoms with Crippen molar-refractivity contribution >= 4 is 45.8 Å². The van der Waals surface area contributed by atoms with Crippen LogP contribution in [0, 0.1) is 11.8 Å². The number of H-pyrrole nitrogens is 2. The third-order valence-electron chi connectivity index (χ3n) is 12.6. The first-order chi connectivity index (χ1) is 29.3. The van der Waals surface area contributed by atoms with Crippen LogP contribution in [0.5, 0.6) is 5.75 Å². The average Bonchev–Trinajstić information content (AvgIpc) is 4.08. The first-order valence-electron chi connectivity index (χ1n) is 20.9. The summed E-state index contributed by atoms with van der Waals surface area (Å²) in [4.78, 5) is 72.6. The predicted octanol–water partition coefficient (Wildman–Crippen LogP) is 6.77. The highest BCUT2D eigenvalue weighted by Crippen LogP contribution is 2.44. The van der Waals surface area contributed by atoms with Gasteiger partial charge in [-0.1, -0.05) is 39.0 Å². The van der Waals surface area contributed by atoms with Crippen LogP contribution in [-0.4, -0.2) is 106 Å². The van der Waals surface area contributed by atoms with E-state index < -0.39 is 30.4 Å². The molecule has 7 atom stereocenters. The number of nitrogens with one attached hydrogen (secondary N) is 4. The highest BCUT2D eigenvalue weighted by atomic mass is 16.5. The van der Waals surface area contributed by atoms with Gasteiger partial charge in [-0.2, -0.15) is 0 Å². The molecular weight excluding hydrogens is 781 g/mol. The minimum absolute atomic E-state index is 0.0710. The molecule has 3 aliphatic heterocycles. The Balaban J connectivity index is 1.04. The van der Waals surface area contributed by atoms with E-state index in [9.17, 15) is 19.2 Å². The van der Waals surface area contributed by atoms with Gasteiger partial charge in [0, 0.05) is 30.6 Å². The molecule has 61 heavy (non-hydrogen) atoms. The smallest absolute Gasteiger partial charge is 0.407 e. The van der Waals surface area contributed by atoms with Gasteiger partial charge in [-0.15, -0.1) is 0 Å². The molecule has 0 spiro atoms. The minimum Gasteiger partial charge on any atom is -0.488 e. The highest BCUT2D eigenvalue weighted by Gasteiger charge is 2.43. The minimum atomic E-state index is -0.927. The molecule has 0 radical (unpaired) electrons. The molecule has 2 fully saturated rings. The molecule has 16 heteroatoms. The Hall–Kier alpha value is -6.16. The molecule has 322 valence electrons. The van der Waals surface area contributed by atoms with Crippen molar-refractivity contribution in [2.45, 2.75) is 96.8 Å². The summed E-state index contributed by atoms with van der Waals surface area (Å²) in [7, 11) is 4.05. The van der Waals surface area contributed by atoms with Gasteiger partial charge in [0.15, 0.2) is 0 Å². The molecule has 0 saturated carbocycles. The van der Waals surface area contributed by atoms with Crippen LogP contribution in [-0.2, 0) is 30.4 Å². The van der Waals surface area contributed by atoms with Crippen molar-refractivity contribution in [1.82, 2.24) is 40.4 Å². The molecule has 4 N–H and O–H groups in total. The van der Waals surface area contributed by atoms with Gasteiger partial charge in [0.2, 0.25) is 11.8 Å². The van der Waals surface area contributed by atoms with Crippen LogP contribution in [0.1, 0.15) is 83.2 Å². The van der Waals surface area contributed by atoms with Gasteiger partial charge in [-0.3, -0.25) is 9.59 Å². The molecule has 2 aromatic heterocycles. The first-order valence-corrected chi connectivity index (χ1v) is 20.9. The monoisotopic (exact) mass is 834 g/mol. The number of carbonyl (C=O) groups is 4. The first kappa shape index (κ1) is 41.6. The molecule has 1 unspecified atom stereocenters. The van der Waals surface area contributed by atoms with Gasteiger partial charge in [-0.05, 0) is 91.3 Å². The lowest BCUT2D eigenvalue weighted by molar-refractivity contribution is -0.139. The fourth-order valence-electron chi connectivity index (χ4n) is 9.20. The number of aromatic amines is 2. The fourth-order valence-corrected chi connectivity index (χ4v) is 9.20. The maximum atomic E-state index is 13.9. The van der Waals surface area contributed by atoms with Crippen LogP contribution in [0.4, 0.5) is 9.59 Å². The number of carbonyl (C=O) groups excluding carboxylic acids is 4. The maximum Gasteiger partial charge on any atom is 0.407 e. The molecular formula is C45H54N8O8. The number of benzene rings is 3. The van der Waals surface area contributed by atoms with Crippen molar-refractivity contribution in [3.05, 3.63) is 65.9 Å². The van der Waals surface area contributed by atoms with Gasteiger partial charge < -0.3 is 49.3 Å². The van der Waals surface area contributed by atoms with Crippen molar-refractivity contribution in [2.75, 3.05) is 27.9 Å². The Kier molecular flexibility index (Phi) is 11.4. The van der Waals surface area contributed by atoms with Crippen LogP contribution in [0.3, 0.4) is 0 Å². The van der Waals surface area contributed by atoms with E-state index in [1.807, 2.05) is 31.7 Å². The summed E-state index contributed by atoms with van der Waals surface area (Å²) in [5.41, 5.74) is 6.50. The predicted molar refractivity (Wildman–Crippen MR) is 227 cm³/mol. The summed E-state index contributed by atoms with van der Waals surface area (Å²) in [5, 5.41) is 7.33. The van der Waals surface area contributed by atoms with Crippen LogP contribution in [0.2, 0.25) is 0 Å². The van der Waals surface area contributed by atoms with Crippen LogP contribution in [0.15, 0.2) is 48.7 Å². The van der Waals surface area contributed by atoms with E-state index in [1.165, 1.54) is 21.3 Å². The Morgan fingerprint density at radius 2 is 1.61 bits per heavy atom. The second-order valence-corrected chi connectivity index (χ2v) is 16.9. The van der Waals surface area contributed by atoms with E-state index in [1.54, 1.807) is 18.0 Å². The number of alkyl carbamates (subject to hydrolysis) is 2. The number of nitrogens with zero attached hydrogens (tertiary/aromatic N) is 4. The molecule has 5 aromatic rings. The highest BCUT2D eigenvalue weighted by molar-refractivity contribution is 6.07. The maximum absolute atomic E-state index is 13.9. The molecule has 4 amide bonds. The Morgan fingerprint density at radius 3 is 2.33 bits per heavy atom. The molecule has 3 aliphatic rings. The molecule has 0 aliphatic carbocycles. The lowest BCUT2D eigenvalue weighted by atomic mass is 9.92. The summed E-state index contributed by atoms with van der Waals surface area (Å²) < 4.78 is 21.5. The van der Waals surface area contributed by atoms with Crippen LogP contribution < -0.4 is 15.4 Å². The van der Waals surface area contributed by atoms with Gasteiger partial charge >= 0.3 is 12.2 Å². The molecule has 3 aromatic carbocycles. The summed E-state index contributed by atoms with van der Waals surface area (Å²) in [6.45, 7) is 10.6. The number of hydrogen-bond donors (Lipinski definition) is 4. The van der Waals surface area contributed by atoms with E-state index >= 15 is 0 Å². The summed E-state index contributed by atoms with van der Waals surface area (Å²) >= 11 is 0. The van der Waals surface area contributed by atoms with Crippen molar-refractivity contribution in [1.29, 1.82) is 0 Å². The fraction of sp³-hybridized carbons (Fsp3) is 0.467. The van der Waals surface area contributed by atoms with E-state index in [-0.39, 0.29) is 41.8 Å². The number of fused-ring (bicyclic) bond motifs is 6. The standard InChI is InChI=1S/C45H54N8O8/c1-22(2)37(50-44(56)59-7)42(54)52-20-23(3)15-35(52)41-47-32-13-11-26-17-31-29-12-10-27(16-28(29)21-61-36(31)18-30(26)39(32)49-41)33-19-46-40(48-33)34-14-9-24(4)53(34)43(55)38(25(5)58-6)51-45(57)60-8/h10-13,16-19,22-25,34-35,37-38H,9,14-15,20-21H2,1-8H3,(H,46,48)(H,47,49)(H,50,56)(H,51,57)/t23-,24-,25+,34-,35-,37-,38?/m0/s1. The quantitative estimate of drug-likeness (QED) is 0.117. The van der Waals surface area contributed by atoms with Crippen molar-refractivity contribution < 1.29 is 38.1 Å². The largest absolute Gasteiger partial charge is 0.488 e. The molecule has 0 bridgehead atoms. The number of imidazole rings is 2. The Morgan fingerprint density at radius 1 is 0.852 bits per heavy atom. The van der Waals surface area contributed by atoms with Crippen molar-refractivity contribution in [2.24, 2.45) is 11.8 Å². The topological polar surface area (TPSA) is 193 Å². The number of likely N-dealkylation sites (tertiary alicyclic amines) is 2. The van der Waals surface area contributed by atoms with Gasteiger partial charge in [0.1, 0.15) is 36.1 Å². The normalized spacial score (nSPS) is 21.1. The van der Waals surface area contributed by atoms with Gasteiger partial charge in [-0.25, -0.2) is 19.6 Å². The third kappa shape index (κ3) is 7.73. The summed E-state index contributed by atoms with van der Waals surface area (Å²) in [6, 6.07) is 12.3. The third-order valence-corrected chi connectivity index (χ3v) is 12.6. The Bertz CT molecular complexity index is 2500. The van der Waals surface area contributed by atoms with E-state index in [0.717, 1.165) is 68.3 Å². The number of aromatic nitrogens is 4. The summed E-state index contributed by atoms with van der Waals surface area (Å²) in [6.07, 6.45) is 2.12. The number of methoxy groups -OCH3 is 3. The van der Waals surface area contributed by atoms with E-state index in [0.29, 0.717) is 31.2 Å². The van der Waals surface area contributed by atoms with Gasteiger partial charge in [0.25, 0.3) is 0 Å². The van der Waals surface area contributed by atoms with E-state index in [2.05, 4.69) is 63.9 Å². The van der Waals surface area contributed by atoms with Crippen LogP contribution in [0.25, 0.3) is 44.2 Å². The number of ether oxygens (including phenoxy) is 4. The number of rotatable bonds is 10. The SMILES string of the molecule is COC(=O)NC(C(=O)N1[C@@H](C)CC[C@H]1c1ncc(-c2ccc3c(c2)COc2cc4c(ccc5[nH]c([C@@H]6C[C@H](C)CN6C(=O)[C@@H](NC(=O)OC)C(C)C)nc54)cc2-3)[nH]1)[C@@H](C)OC. The van der Waals surface area contributed by atoms with Crippen molar-refractivity contribution in [3.8, 4) is 28.1 Å². The molecule has 2 saturated heterocycles. The summed E-state index contributed by atoms with van der Waals surface area (Å²) in [5.74, 6) is 1.84. The van der Waals surface area contributed by atoms with Crippen LogP contribution >= 0.6 is 0 Å². The van der Waals surface area contributed by atoms with Gasteiger partial charge in [0.05, 0.1) is 55.3 Å². The lowest BCUT2D eigenvalue weighted by Gasteiger charge is -2.33. The van der Waals surface area contributed by atoms with Crippen molar-refractivity contribution in [3.63, 3.8) is 0 Å². The average molecular weight is 835 g/mol. The zero-order valence-electron chi connectivity index (χ0n) is 35.8. The molecule has 8 rings (SSSR count). The number of amides is 4. The second kappa shape index (κ2) is 16.7. The molecule has 16 nitrogen and oxygen atoms in total. The molecule has 5 heterocycles. The zero-order chi connectivity index (χ0) is 43.3. The lowest BCUT2D eigenvalue weighted by Crippen LogP contribution is -2.55. The Labute approximate surface area is 354 Å². The number of hydrogen-bond acceptors (Lipinski definition) is 10. The van der Waals surface area contributed by atoms with E-state index in [4.69, 9.17) is 28.9 Å². The zero-order valence-corrected chi connectivity index (χ0v) is 35.8.